The Balaban J connectivity index is 1.61. The number of hydrogen-bond donors (Lipinski definition) is 1. The van der Waals surface area contributed by atoms with Gasteiger partial charge >= 0.3 is 5.97 Å². The van der Waals surface area contributed by atoms with E-state index < -0.39 is 0 Å². The number of ether oxygens (including phenoxy) is 1. The van der Waals surface area contributed by atoms with Crippen LogP contribution in [0.15, 0.2) is 30.6 Å². The van der Waals surface area contributed by atoms with Gasteiger partial charge in [0.25, 0.3) is 0 Å². The van der Waals surface area contributed by atoms with Crippen molar-refractivity contribution in [3.8, 4) is 6.07 Å². The van der Waals surface area contributed by atoms with Crippen molar-refractivity contribution in [2.24, 2.45) is 11.8 Å². The standard InChI is InChI=1S/C24H26N2O4S/c1-16(14-27)9-24(29)30-15-18-5-7-20-21(12-25)23(31-22(20)10-18)11-19(28)6-4-17-3-2-8-26-13-17/h2-4,6,8,13,16,18,27H,5,7,9-11,14-15H2,1H3/b6-4+. The van der Waals surface area contributed by atoms with Crippen molar-refractivity contribution in [2.75, 3.05) is 13.2 Å². The fourth-order valence-electron chi connectivity index (χ4n) is 3.61. The van der Waals surface area contributed by atoms with Crippen molar-refractivity contribution in [1.82, 2.24) is 4.98 Å². The van der Waals surface area contributed by atoms with Gasteiger partial charge in [-0.25, -0.2) is 0 Å². The molecule has 0 saturated heterocycles. The summed E-state index contributed by atoms with van der Waals surface area (Å²) < 4.78 is 5.39. The predicted molar refractivity (Wildman–Crippen MR) is 118 cm³/mol. The summed E-state index contributed by atoms with van der Waals surface area (Å²) in [5, 5.41) is 18.7. The zero-order chi connectivity index (χ0) is 22.2. The first-order valence-electron chi connectivity index (χ1n) is 10.4. The van der Waals surface area contributed by atoms with Crippen LogP contribution in [0, 0.1) is 23.2 Å². The monoisotopic (exact) mass is 438 g/mol. The van der Waals surface area contributed by atoms with Crippen LogP contribution in [0.5, 0.6) is 0 Å². The second-order valence-electron chi connectivity index (χ2n) is 7.96. The van der Waals surface area contributed by atoms with Crippen LogP contribution in [-0.4, -0.2) is 35.1 Å². The van der Waals surface area contributed by atoms with Crippen LogP contribution < -0.4 is 0 Å². The summed E-state index contributed by atoms with van der Waals surface area (Å²) in [7, 11) is 0. The molecule has 6 nitrogen and oxygen atoms in total. The maximum Gasteiger partial charge on any atom is 0.306 e. The summed E-state index contributed by atoms with van der Waals surface area (Å²) in [5.74, 6) is -0.237. The van der Waals surface area contributed by atoms with E-state index in [1.165, 1.54) is 17.4 Å². The minimum absolute atomic E-state index is 0.0348. The van der Waals surface area contributed by atoms with Crippen LogP contribution in [0.25, 0.3) is 6.08 Å². The number of aromatic nitrogens is 1. The molecule has 2 unspecified atom stereocenters. The molecule has 2 aromatic rings. The topological polar surface area (TPSA) is 100 Å². The molecule has 2 aromatic heterocycles. The SMILES string of the molecule is CC(CO)CC(=O)OCC1CCc2c(sc(CC(=O)/C=C/c3cccnc3)c2C#N)C1. The number of carbonyl (C=O) groups excluding carboxylic acids is 2. The van der Waals surface area contributed by atoms with E-state index >= 15 is 0 Å². The normalized spacial score (nSPS) is 16.5. The first-order chi connectivity index (χ1) is 15.0. The molecule has 7 heteroatoms. The molecule has 0 saturated carbocycles. The Morgan fingerprint density at radius 1 is 1.48 bits per heavy atom. The molecule has 0 aliphatic heterocycles. The second-order valence-corrected chi connectivity index (χ2v) is 9.15. The molecule has 1 N–H and O–H groups in total. The highest BCUT2D eigenvalue weighted by Gasteiger charge is 2.27. The van der Waals surface area contributed by atoms with Crippen molar-refractivity contribution >= 4 is 29.2 Å². The van der Waals surface area contributed by atoms with Gasteiger partial charge in [0.1, 0.15) is 6.07 Å². The maximum atomic E-state index is 12.4. The van der Waals surface area contributed by atoms with E-state index in [-0.39, 0.29) is 43.0 Å². The predicted octanol–water partition coefficient (Wildman–Crippen LogP) is 3.51. The van der Waals surface area contributed by atoms with Gasteiger partial charge in [-0.3, -0.25) is 14.6 Å². The molecule has 0 radical (unpaired) electrons. The number of thiophene rings is 1. The Kier molecular flexibility index (Phi) is 8.10. The van der Waals surface area contributed by atoms with Crippen molar-refractivity contribution < 1.29 is 19.4 Å². The third kappa shape index (κ3) is 6.33. The van der Waals surface area contributed by atoms with Crippen molar-refractivity contribution in [3.05, 3.63) is 57.0 Å². The highest BCUT2D eigenvalue weighted by Crippen LogP contribution is 2.36. The van der Waals surface area contributed by atoms with Crippen molar-refractivity contribution in [2.45, 2.75) is 39.0 Å². The van der Waals surface area contributed by atoms with Gasteiger partial charge in [-0.05, 0) is 60.4 Å². The highest BCUT2D eigenvalue weighted by atomic mass is 32.1. The van der Waals surface area contributed by atoms with Gasteiger partial charge in [0, 0.05) is 35.2 Å². The molecule has 0 fully saturated rings. The zero-order valence-electron chi connectivity index (χ0n) is 17.5. The molecule has 3 rings (SSSR count). The fraction of sp³-hybridized carbons (Fsp3) is 0.417. The van der Waals surface area contributed by atoms with Crippen LogP contribution in [0.3, 0.4) is 0 Å². The number of allylic oxidation sites excluding steroid dienone is 1. The number of ketones is 1. The Labute approximate surface area is 186 Å². The maximum absolute atomic E-state index is 12.4. The summed E-state index contributed by atoms with van der Waals surface area (Å²) in [4.78, 5) is 30.3. The zero-order valence-corrected chi connectivity index (χ0v) is 18.4. The smallest absolute Gasteiger partial charge is 0.306 e. The number of fused-ring (bicyclic) bond motifs is 1. The number of nitrogens with zero attached hydrogens (tertiary/aromatic N) is 2. The number of aliphatic hydroxyl groups is 1. The Hall–Kier alpha value is -2.82. The summed E-state index contributed by atoms with van der Waals surface area (Å²) in [6.07, 6.45) is 9.39. The van der Waals surface area contributed by atoms with E-state index in [2.05, 4.69) is 11.1 Å². The number of pyridine rings is 1. The van der Waals surface area contributed by atoms with E-state index in [4.69, 9.17) is 9.84 Å². The van der Waals surface area contributed by atoms with Crippen molar-refractivity contribution in [1.29, 1.82) is 5.26 Å². The largest absolute Gasteiger partial charge is 0.465 e. The lowest BCUT2D eigenvalue weighted by Gasteiger charge is -2.22. The lowest BCUT2D eigenvalue weighted by Crippen LogP contribution is -2.21. The van der Waals surface area contributed by atoms with E-state index in [1.807, 2.05) is 12.1 Å². The second kappa shape index (κ2) is 11.0. The molecular weight excluding hydrogens is 412 g/mol. The molecule has 2 heterocycles. The molecule has 1 aliphatic carbocycles. The van der Waals surface area contributed by atoms with Crippen molar-refractivity contribution in [3.63, 3.8) is 0 Å². The quantitative estimate of drug-likeness (QED) is 0.475. The highest BCUT2D eigenvalue weighted by molar-refractivity contribution is 7.12. The molecule has 0 amide bonds. The number of carbonyl (C=O) groups is 2. The Morgan fingerprint density at radius 3 is 3.03 bits per heavy atom. The van der Waals surface area contributed by atoms with E-state index in [0.29, 0.717) is 12.2 Å². The van der Waals surface area contributed by atoms with Crippen LogP contribution in [0.4, 0.5) is 0 Å². The lowest BCUT2D eigenvalue weighted by atomic mass is 9.87. The first-order valence-corrected chi connectivity index (χ1v) is 11.2. The third-order valence-corrected chi connectivity index (χ3v) is 6.59. The van der Waals surface area contributed by atoms with Crippen LogP contribution in [0.1, 0.15) is 46.2 Å². The van der Waals surface area contributed by atoms with Gasteiger partial charge < -0.3 is 9.84 Å². The number of hydrogen-bond acceptors (Lipinski definition) is 7. The van der Waals surface area contributed by atoms with E-state index in [9.17, 15) is 14.9 Å². The molecule has 0 aromatic carbocycles. The molecule has 1 aliphatic rings. The first kappa shape index (κ1) is 22.9. The van der Waals surface area contributed by atoms with Gasteiger partial charge in [0.15, 0.2) is 5.78 Å². The number of esters is 1. The fourth-order valence-corrected chi connectivity index (χ4v) is 5.04. The van der Waals surface area contributed by atoms with Crippen LogP contribution in [-0.2, 0) is 33.6 Å². The minimum Gasteiger partial charge on any atom is -0.465 e. The molecule has 0 spiro atoms. The van der Waals surface area contributed by atoms with Gasteiger partial charge in [-0.1, -0.05) is 13.0 Å². The van der Waals surface area contributed by atoms with E-state index in [0.717, 1.165) is 40.1 Å². The van der Waals surface area contributed by atoms with Gasteiger partial charge in [-0.2, -0.15) is 5.26 Å². The molecule has 2 atom stereocenters. The Bertz CT molecular complexity index is 991. The van der Waals surface area contributed by atoms with E-state index in [1.54, 1.807) is 25.4 Å². The third-order valence-electron chi connectivity index (χ3n) is 5.34. The summed E-state index contributed by atoms with van der Waals surface area (Å²) in [6, 6.07) is 5.98. The van der Waals surface area contributed by atoms with Gasteiger partial charge in [-0.15, -0.1) is 11.3 Å². The minimum atomic E-state index is -0.289. The van der Waals surface area contributed by atoms with Crippen LogP contribution in [0.2, 0.25) is 0 Å². The molecule has 31 heavy (non-hydrogen) atoms. The number of aliphatic hydroxyl groups excluding tert-OH is 1. The summed E-state index contributed by atoms with van der Waals surface area (Å²) >= 11 is 1.53. The number of rotatable bonds is 9. The summed E-state index contributed by atoms with van der Waals surface area (Å²) in [6.45, 7) is 2.11. The molecule has 0 bridgehead atoms. The number of nitriles is 1. The summed E-state index contributed by atoms with van der Waals surface area (Å²) in [5.41, 5.74) is 2.53. The van der Waals surface area contributed by atoms with Crippen LogP contribution >= 0.6 is 11.3 Å². The average Bonchev–Trinajstić information content (AvgIpc) is 3.12. The average molecular weight is 439 g/mol. The van der Waals surface area contributed by atoms with Gasteiger partial charge in [0.2, 0.25) is 0 Å². The molecule has 162 valence electrons. The lowest BCUT2D eigenvalue weighted by molar-refractivity contribution is -0.146. The Morgan fingerprint density at radius 2 is 2.32 bits per heavy atom. The molecular formula is C24H26N2O4S. The van der Waals surface area contributed by atoms with Gasteiger partial charge in [0.05, 0.1) is 18.6 Å².